The standard InChI is InChI=1S/C25H35N14O17P3/c1-36-8-39(19-13(36)21(45)33-25(27)31-19)23-17(43)15(41)10(55-23)6-53-59(50,51)56-57(46,47)11-4-37(35-34-11)3-2-29-58(48,49)52-5-9-14(40)16(42)22(54-9)38-7-28-12-18(38)30-24(26)32-20(12)44/h4,7-10,14-17,22-23,40-43H,2-3,5-6H2,1H3,(H9-,26,27,29,30,31,32,33,44,45,46,47,48,49,50,51)/p-2/t9-,10-,14?,15+,16+,17?,22-,23-/m1/s1. The van der Waals surface area contributed by atoms with Gasteiger partial charge in [-0.15, -0.1) is 5.10 Å². The van der Waals surface area contributed by atoms with E-state index in [0.717, 1.165) is 15.6 Å². The first kappa shape index (κ1) is 42.7. The number of nitrogens with one attached hydrogen (secondary N) is 3. The molecule has 7 heterocycles. The number of imidazole rings is 2. The molecule has 2 fully saturated rings. The second-order valence-electron chi connectivity index (χ2n) is 13.0. The second kappa shape index (κ2) is 15.9. The van der Waals surface area contributed by atoms with Crippen LogP contribution < -0.4 is 52.4 Å². The highest BCUT2D eigenvalue weighted by atomic mass is 31.3. The summed E-state index contributed by atoms with van der Waals surface area (Å²) >= 11 is 0. The van der Waals surface area contributed by atoms with Crippen LogP contribution in [0.15, 0.2) is 28.4 Å². The summed E-state index contributed by atoms with van der Waals surface area (Å²) in [7, 11) is -14.8. The van der Waals surface area contributed by atoms with Gasteiger partial charge in [0, 0.05) is 6.54 Å². The number of phosphoric ester groups is 1. The molecule has 0 saturated carbocycles. The number of nitrogens with two attached hydrogens (primary N) is 2. The highest BCUT2D eigenvalue weighted by molar-refractivity contribution is 7.67. The number of aliphatic hydroxyl groups is 4. The number of aromatic nitrogens is 11. The van der Waals surface area contributed by atoms with E-state index in [-0.39, 0.29) is 40.8 Å². The monoisotopic (exact) mass is 894 g/mol. The number of nitrogen functional groups attached to an aromatic ring is 2. The first-order valence-electron chi connectivity index (χ1n) is 16.8. The fourth-order valence-corrected chi connectivity index (χ4v) is 9.32. The Bertz CT molecular complexity index is 2650. The van der Waals surface area contributed by atoms with Crippen LogP contribution in [0, 0.1) is 0 Å². The summed E-state index contributed by atoms with van der Waals surface area (Å²) in [5, 5.41) is 51.1. The van der Waals surface area contributed by atoms with Crippen molar-refractivity contribution in [2.24, 2.45) is 7.05 Å². The van der Waals surface area contributed by atoms with Gasteiger partial charge in [0.25, 0.3) is 24.9 Å². The highest BCUT2D eigenvalue weighted by Crippen LogP contribution is 2.54. The molecule has 5 aromatic rings. The van der Waals surface area contributed by atoms with Gasteiger partial charge >= 0.3 is 5.65 Å². The van der Waals surface area contributed by atoms with Gasteiger partial charge in [-0.05, 0) is 0 Å². The van der Waals surface area contributed by atoms with Gasteiger partial charge in [-0.2, -0.15) is 4.98 Å². The topological polar surface area (TPSA) is 460 Å². The number of hydrogen-bond donors (Lipinski definition) is 9. The van der Waals surface area contributed by atoms with E-state index in [2.05, 4.69) is 44.1 Å². The zero-order valence-electron chi connectivity index (χ0n) is 29.8. The molecular formula is C25H33N14O17P3-2. The zero-order chi connectivity index (χ0) is 42.8. The predicted octanol–water partition coefficient (Wildman–Crippen LogP) is -7.87. The quantitative estimate of drug-likeness (QED) is 0.0348. The normalized spacial score (nSPS) is 27.9. The summed E-state index contributed by atoms with van der Waals surface area (Å²) in [6.45, 7) is -2.70. The van der Waals surface area contributed by atoms with Gasteiger partial charge in [-0.25, -0.2) is 9.55 Å². The number of aryl methyl sites for hydroxylation is 1. The van der Waals surface area contributed by atoms with Crippen molar-refractivity contribution in [3.05, 3.63) is 39.6 Å². The molecule has 11 N–H and O–H groups in total. The number of nitrogens with zero attached hydrogens (tertiary/aromatic N) is 9. The van der Waals surface area contributed by atoms with E-state index in [1.54, 1.807) is 0 Å². The van der Waals surface area contributed by atoms with Crippen LogP contribution in [0.5, 0.6) is 0 Å². The summed E-state index contributed by atoms with van der Waals surface area (Å²) in [5.74, 6) is -0.529. The Labute approximate surface area is 326 Å². The van der Waals surface area contributed by atoms with Crippen LogP contribution in [0.2, 0.25) is 0 Å². The van der Waals surface area contributed by atoms with Gasteiger partial charge in [0.15, 0.2) is 36.7 Å². The molecule has 31 nitrogen and oxygen atoms in total. The van der Waals surface area contributed by atoms with Gasteiger partial charge in [0.1, 0.15) is 36.6 Å². The third kappa shape index (κ3) is 8.63. The molecule has 0 aromatic carbocycles. The number of rotatable bonds is 15. The van der Waals surface area contributed by atoms with Crippen molar-refractivity contribution in [1.82, 2.24) is 54.1 Å². The summed E-state index contributed by atoms with van der Waals surface area (Å²) in [4.78, 5) is 78.6. The average Bonchev–Trinajstić information content (AvgIpc) is 3.96. The molecule has 0 radical (unpaired) electrons. The molecule has 2 aliphatic heterocycles. The lowest BCUT2D eigenvalue weighted by Crippen LogP contribution is -2.46. The Morgan fingerprint density at radius 2 is 1.61 bits per heavy atom. The van der Waals surface area contributed by atoms with Gasteiger partial charge in [-0.3, -0.25) is 51.9 Å². The van der Waals surface area contributed by atoms with E-state index in [1.807, 2.05) is 5.09 Å². The number of hydrogen-bond acceptors (Lipinski definition) is 24. The maximum absolute atomic E-state index is 12.7. The molecule has 59 heavy (non-hydrogen) atoms. The molecule has 0 amide bonds. The smallest absolute Gasteiger partial charge is 0.313 e. The molecular weight excluding hydrogens is 861 g/mol. The molecule has 0 spiro atoms. The zero-order valence-corrected chi connectivity index (χ0v) is 32.5. The number of ether oxygens (including phenoxy) is 2. The highest BCUT2D eigenvalue weighted by Gasteiger charge is 2.48. The Morgan fingerprint density at radius 3 is 2.36 bits per heavy atom. The van der Waals surface area contributed by atoms with Crippen molar-refractivity contribution < 1.29 is 76.2 Å². The van der Waals surface area contributed by atoms with Crippen LogP contribution in [-0.4, -0.2) is 126 Å². The number of H-pyrrole nitrogens is 2. The van der Waals surface area contributed by atoms with E-state index >= 15 is 0 Å². The summed E-state index contributed by atoms with van der Waals surface area (Å²) in [5.41, 5.74) is 8.65. The van der Waals surface area contributed by atoms with Crippen LogP contribution in [0.25, 0.3) is 22.3 Å². The molecule has 322 valence electrons. The molecule has 0 bridgehead atoms. The van der Waals surface area contributed by atoms with E-state index < -0.39 is 109 Å². The van der Waals surface area contributed by atoms with Crippen LogP contribution in [0.3, 0.4) is 0 Å². The number of fused-ring (bicyclic) bond motifs is 2. The third-order valence-electron chi connectivity index (χ3n) is 8.93. The minimum Gasteiger partial charge on any atom is -0.774 e. The van der Waals surface area contributed by atoms with Crippen molar-refractivity contribution in [1.29, 1.82) is 0 Å². The van der Waals surface area contributed by atoms with Crippen LogP contribution in [-0.2, 0) is 50.1 Å². The van der Waals surface area contributed by atoms with Gasteiger partial charge < -0.3 is 69.7 Å². The number of aliphatic hydroxyl groups excluding tert-OH is 4. The lowest BCUT2D eigenvalue weighted by molar-refractivity contribution is -0.745. The van der Waals surface area contributed by atoms with Crippen molar-refractivity contribution in [3.63, 3.8) is 0 Å². The molecule has 34 heteroatoms. The van der Waals surface area contributed by atoms with Crippen molar-refractivity contribution in [2.45, 2.75) is 55.6 Å². The van der Waals surface area contributed by atoms with Crippen LogP contribution in [0.4, 0.5) is 11.9 Å². The van der Waals surface area contributed by atoms with E-state index in [4.69, 9.17) is 25.5 Å². The predicted molar refractivity (Wildman–Crippen MR) is 184 cm³/mol. The molecule has 11 atom stereocenters. The van der Waals surface area contributed by atoms with E-state index in [1.165, 1.54) is 22.5 Å². The van der Waals surface area contributed by atoms with Gasteiger partial charge in [-0.1, -0.05) is 10.2 Å². The second-order valence-corrected chi connectivity index (χ2v) is 17.8. The van der Waals surface area contributed by atoms with Crippen molar-refractivity contribution in [2.75, 3.05) is 31.2 Å². The Balaban J connectivity index is 0.891. The molecule has 2 saturated heterocycles. The Hall–Kier alpha value is -4.39. The van der Waals surface area contributed by atoms with Gasteiger partial charge in [0.2, 0.25) is 25.4 Å². The largest absolute Gasteiger partial charge is 0.774 e. The minimum atomic E-state index is -5.75. The Morgan fingerprint density at radius 1 is 0.949 bits per heavy atom. The molecule has 5 unspecified atom stereocenters. The molecule has 0 aliphatic carbocycles. The fraction of sp³-hybridized carbons (Fsp3) is 0.520. The third-order valence-corrected chi connectivity index (χ3v) is 12.9. The lowest BCUT2D eigenvalue weighted by atomic mass is 10.1. The van der Waals surface area contributed by atoms with Crippen molar-refractivity contribution >= 4 is 62.8 Å². The number of aromatic amines is 2. The van der Waals surface area contributed by atoms with Crippen molar-refractivity contribution in [3.8, 4) is 0 Å². The van der Waals surface area contributed by atoms with Crippen LogP contribution in [0.1, 0.15) is 12.5 Å². The van der Waals surface area contributed by atoms with E-state index in [9.17, 15) is 58.4 Å². The summed E-state index contributed by atoms with van der Waals surface area (Å²) < 4.78 is 67.2. The molecule has 5 aromatic heterocycles. The maximum atomic E-state index is 12.7. The SMILES string of the molecule is Cn1c[n+]([C@@H]2O[C@H](COP(=O)([O-])OP(=O)([O-])c3cn(CCNP(=O)([O-])OC[C@H]4O[C@@H](n5cnc6c(=O)[nH]c(N)nc65)[C@@H](O)C4O)nn3)[C@H](O)C2O)c2nc(N)[nH]c(=O)c21. The molecule has 7 rings (SSSR count). The first-order valence-corrected chi connectivity index (χ1v) is 21.3. The van der Waals surface area contributed by atoms with E-state index in [0.29, 0.717) is 6.20 Å². The molecule has 2 aliphatic rings. The fourth-order valence-electron chi connectivity index (χ4n) is 6.18. The maximum Gasteiger partial charge on any atom is 0.313 e. The number of anilines is 2. The first-order chi connectivity index (χ1) is 27.6. The van der Waals surface area contributed by atoms with Crippen LogP contribution >= 0.6 is 23.2 Å². The lowest BCUT2D eigenvalue weighted by Gasteiger charge is -2.30. The average molecular weight is 895 g/mol. The van der Waals surface area contributed by atoms with Gasteiger partial charge in [0.05, 0.1) is 39.3 Å². The Kier molecular flexibility index (Phi) is 11.5. The number of phosphoric acid groups is 1. The minimum absolute atomic E-state index is 0.0254. The summed E-state index contributed by atoms with van der Waals surface area (Å²) in [6, 6.07) is 0. The summed E-state index contributed by atoms with van der Waals surface area (Å²) in [6.07, 6.45) is -9.46.